The van der Waals surface area contributed by atoms with Gasteiger partial charge >= 0.3 is 68.5 Å². The second kappa shape index (κ2) is 39.7. The van der Waals surface area contributed by atoms with Crippen LogP contribution in [0.5, 0.6) is 17.2 Å². The van der Waals surface area contributed by atoms with E-state index in [2.05, 4.69) is 91.7 Å². The molecule has 112 heavy (non-hydrogen) atoms. The molecule has 6 aromatic rings. The van der Waals surface area contributed by atoms with Crippen molar-refractivity contribution in [3.63, 3.8) is 0 Å². The molecule has 620 valence electrons. The highest BCUT2D eigenvalue weighted by molar-refractivity contribution is 6.94. The monoisotopic (exact) mass is 1690 g/mol. The molecule has 4 amide bonds. The highest BCUT2D eigenvalue weighted by Crippen LogP contribution is 2.49. The third kappa shape index (κ3) is 23.6. The second-order valence-corrected chi connectivity index (χ2v) is 60.9. The molecule has 26 nitrogen and oxygen atoms in total. The number of unbranched alkanes of at least 4 members (excludes halogenated alkanes) is 6. The van der Waals surface area contributed by atoms with Gasteiger partial charge in [-0.25, -0.2) is 4.90 Å². The number of hydrogen-bond donors (Lipinski definition) is 0. The predicted molar refractivity (Wildman–Crippen MR) is 449 cm³/mol. The summed E-state index contributed by atoms with van der Waals surface area (Å²) < 4.78 is 123. The smallest absolute Gasteiger partial charge is 0.317 e. The van der Waals surface area contributed by atoms with Crippen LogP contribution in [0, 0.1) is 0 Å². The van der Waals surface area contributed by atoms with Crippen molar-refractivity contribution in [2.24, 2.45) is 0 Å². The van der Waals surface area contributed by atoms with Gasteiger partial charge in [0.15, 0.2) is 11.5 Å². The van der Waals surface area contributed by atoms with Gasteiger partial charge in [0, 0.05) is 72.5 Å². The normalized spacial score (nSPS) is 18.9. The Morgan fingerprint density at radius 2 is 0.589 bits per heavy atom. The van der Waals surface area contributed by atoms with Gasteiger partial charge in [0.2, 0.25) is 5.75 Å². The maximum absolute atomic E-state index is 15.6. The molecule has 6 aromatic carbocycles. The number of ether oxygens (including phenoxy) is 12. The van der Waals surface area contributed by atoms with Gasteiger partial charge in [-0.2, -0.15) is 0 Å². The zero-order chi connectivity index (χ0) is 80.7. The van der Waals surface area contributed by atoms with Gasteiger partial charge < -0.3 is 89.8 Å². The lowest BCUT2D eigenvalue weighted by molar-refractivity contribution is 0.0146. The first-order valence-electron chi connectivity index (χ1n) is 39.8. The van der Waals surface area contributed by atoms with Crippen LogP contribution in [0.25, 0.3) is 43.1 Å². The summed E-state index contributed by atoms with van der Waals surface area (Å²) >= 11 is 0. The largest absolute Gasteiger partial charge is 0.487 e. The Bertz CT molecular complexity index is 3890. The first kappa shape index (κ1) is 89.7. The van der Waals surface area contributed by atoms with E-state index in [9.17, 15) is 0 Å². The van der Waals surface area contributed by atoms with Gasteiger partial charge in [-0.05, 0) is 173 Å². The van der Waals surface area contributed by atoms with E-state index in [4.69, 9.17) is 89.8 Å². The van der Waals surface area contributed by atoms with E-state index in [1.165, 1.54) is 0 Å². The number of imide groups is 2. The van der Waals surface area contributed by atoms with E-state index in [-0.39, 0.29) is 80.4 Å². The van der Waals surface area contributed by atoms with E-state index in [0.717, 1.165) is 95.3 Å². The molecule has 0 atom stereocenters. The van der Waals surface area contributed by atoms with Crippen LogP contribution >= 0.6 is 0 Å². The van der Waals surface area contributed by atoms with Crippen molar-refractivity contribution in [3.8, 4) is 17.2 Å². The van der Waals surface area contributed by atoms with Gasteiger partial charge in [-0.3, -0.25) is 24.1 Å². The highest BCUT2D eigenvalue weighted by Gasteiger charge is 2.54. The molecule has 4 aliphatic rings. The molecule has 2 saturated heterocycles. The van der Waals surface area contributed by atoms with Crippen molar-refractivity contribution in [2.45, 2.75) is 174 Å². The Hall–Kier alpha value is -4.64. The minimum Gasteiger partial charge on any atom is -0.487 e. The predicted octanol–water partition coefficient (Wildman–Crippen LogP) is 15.1. The number of methoxy groups -OCH3 is 3. The van der Waals surface area contributed by atoms with E-state index >= 15 is 19.2 Å². The Morgan fingerprint density at radius 1 is 0.312 bits per heavy atom. The first-order chi connectivity index (χ1) is 53.2. The SMILES string of the molecule is COCCOCCOCCOc1cc(N2C(=O)c3ccc4c5ccc6c7c(ccc(c8ccc(c3c48)C2=O)c75)C(=O)N(C(CCCCCC[Si]2(C)O[Si](C)(C)O[Si](C)(C)O[Si](C)(C)O2)CCCCCC[Si]2(C)O[Si](C)(C)O[Si](C)(C)O[Si](C)(C)O2)C6=O)cc(OCCOCCOCCOC)c1OCCOCCOCCOC. The number of anilines is 1. The molecule has 10 rings (SSSR count). The molecule has 0 radical (unpaired) electrons. The minimum atomic E-state index is -2.68. The maximum atomic E-state index is 15.6. The summed E-state index contributed by atoms with van der Waals surface area (Å²) in [6, 6.07) is 19.4. The highest BCUT2D eigenvalue weighted by atomic mass is 28.5. The lowest BCUT2D eigenvalue weighted by atomic mass is 9.82. The van der Waals surface area contributed by atoms with Crippen molar-refractivity contribution in [1.82, 2.24) is 4.90 Å². The van der Waals surface area contributed by atoms with Crippen LogP contribution in [0.4, 0.5) is 5.69 Å². The van der Waals surface area contributed by atoms with E-state index in [0.29, 0.717) is 131 Å². The summed E-state index contributed by atoms with van der Waals surface area (Å²) in [5.74, 6) is -1.19. The van der Waals surface area contributed by atoms with Crippen molar-refractivity contribution in [1.29, 1.82) is 0 Å². The number of benzene rings is 6. The van der Waals surface area contributed by atoms with E-state index in [1.807, 2.05) is 36.4 Å². The number of rotatable bonds is 46. The fourth-order valence-corrected chi connectivity index (χ4v) is 59.8. The molecule has 0 aromatic heterocycles. The lowest BCUT2D eigenvalue weighted by Gasteiger charge is -2.47. The van der Waals surface area contributed by atoms with E-state index in [1.54, 1.807) is 50.5 Å². The molecule has 2 fully saturated rings. The summed E-state index contributed by atoms with van der Waals surface area (Å²) in [5, 5.41) is 5.69. The lowest BCUT2D eigenvalue weighted by Crippen LogP contribution is -2.65. The van der Waals surface area contributed by atoms with Crippen molar-refractivity contribution < 1.29 is 109 Å². The fraction of sp³-hybridized carbons (Fsp3) is 0.615. The van der Waals surface area contributed by atoms with Crippen molar-refractivity contribution in [3.05, 3.63) is 82.9 Å². The number of hydrogen-bond acceptors (Lipinski definition) is 24. The molecule has 0 bridgehead atoms. The average Bonchev–Trinajstić information content (AvgIpc) is 0.688. The summed E-state index contributed by atoms with van der Waals surface area (Å²) in [6.45, 7) is 34.8. The minimum absolute atomic E-state index is 0.0542. The van der Waals surface area contributed by atoms with Gasteiger partial charge in [0.05, 0.1) is 105 Å². The quantitative estimate of drug-likeness (QED) is 0.0113. The maximum Gasteiger partial charge on any atom is 0.317 e. The number of amides is 4. The molecular formula is C78H122N2O24Si8. The van der Waals surface area contributed by atoms with Crippen LogP contribution in [0.15, 0.2) is 60.7 Å². The third-order valence-electron chi connectivity index (χ3n) is 19.8. The first-order valence-corrected chi connectivity index (χ1v) is 61.8. The van der Waals surface area contributed by atoms with Crippen LogP contribution < -0.4 is 19.1 Å². The van der Waals surface area contributed by atoms with Gasteiger partial charge in [-0.15, -0.1) is 0 Å². The Labute approximate surface area is 670 Å². The van der Waals surface area contributed by atoms with Crippen LogP contribution in [-0.4, -0.2) is 243 Å². The third-order valence-corrected chi connectivity index (χ3v) is 52.8. The Kier molecular flexibility index (Phi) is 31.8. The molecular weight excluding hydrogens is 1570 g/mol. The zero-order valence-electron chi connectivity index (χ0n) is 69.3. The fourth-order valence-electron chi connectivity index (χ4n) is 16.5. The number of nitrogens with zero attached hydrogens (tertiary/aromatic N) is 2. The Morgan fingerprint density at radius 3 is 0.911 bits per heavy atom. The second-order valence-electron chi connectivity index (χ2n) is 32.1. The molecule has 0 N–H and O–H groups in total. The molecule has 0 aliphatic carbocycles. The summed E-state index contributed by atoms with van der Waals surface area (Å²) in [7, 11) is -15.6. The molecule has 34 heteroatoms. The summed E-state index contributed by atoms with van der Waals surface area (Å²) in [6.07, 6.45) is 8.39. The van der Waals surface area contributed by atoms with Crippen molar-refractivity contribution >= 4 is 141 Å². The standard InChI is InChI=1S/C78H122N2O24Si8/c1-85-36-39-88-42-45-91-48-51-94-68-56-59(57-69(95-52-49-92-46-43-89-40-37-86-2)74(68)96-53-50-93-47-44-90-41-38-87-3)80-77(83)66-34-30-62-60-28-32-64-72-65(33-29-61(70(60)72)63-31-35-67(78(80)84)73(66)71(62)63)76(82)79(75(64)81)58(26-22-18-20-24-54-111(16)101-107(8,9)97-105(4,5)98-108(10,11)102-111)27-23-19-21-25-55-112(17)103-109(12,13)99-106(6,7)100-110(14,15)104-112/h28-35,56-58H,18-27,36-55H2,1-17H3. The topological polar surface area (TPSA) is 259 Å². The van der Waals surface area contributed by atoms with Crippen LogP contribution in [0.3, 0.4) is 0 Å². The molecule has 0 saturated carbocycles. The average molecular weight is 1700 g/mol. The number of fused-ring (bicyclic) bond motifs is 2. The van der Waals surface area contributed by atoms with Gasteiger partial charge in [0.1, 0.15) is 19.8 Å². The summed E-state index contributed by atoms with van der Waals surface area (Å²) in [4.78, 5) is 64.8. The van der Waals surface area contributed by atoms with Gasteiger partial charge in [-0.1, -0.05) is 75.6 Å². The molecule has 4 heterocycles. The summed E-state index contributed by atoms with van der Waals surface area (Å²) in [5.41, 5.74) is 1.69. The van der Waals surface area contributed by atoms with Crippen LogP contribution in [-0.2, 0) is 75.6 Å². The Balaban J connectivity index is 0.914. The molecule has 4 aliphatic heterocycles. The molecule has 0 unspecified atom stereocenters. The number of carbonyl (C=O) groups is 4. The zero-order valence-corrected chi connectivity index (χ0v) is 77.3. The van der Waals surface area contributed by atoms with Crippen LogP contribution in [0.2, 0.25) is 104 Å². The van der Waals surface area contributed by atoms with E-state index < -0.39 is 80.3 Å². The van der Waals surface area contributed by atoms with Gasteiger partial charge in [0.25, 0.3) is 23.6 Å². The van der Waals surface area contributed by atoms with Crippen LogP contribution in [0.1, 0.15) is 106 Å². The van der Waals surface area contributed by atoms with Crippen molar-refractivity contribution in [2.75, 3.05) is 145 Å². The molecule has 0 spiro atoms. The number of carbonyl (C=O) groups excluding carboxylic acids is 4.